The summed E-state index contributed by atoms with van der Waals surface area (Å²) >= 11 is 0. The number of aromatic nitrogens is 1. The Hall–Kier alpha value is -4.19. The standard InChI is InChI=1S/C28H27N3O3/c1-33-23-14-12-21(13-15-23)27-26-11-6-16-30(26)25-10-4-3-8-22(25)19-31(27)28(32)29-18-20-7-5-9-24(17-20)34-2/h3-17,27H,18-19H2,1-2H3,(H,29,32)/t27-/m0/s1. The predicted octanol–water partition coefficient (Wildman–Crippen LogP) is 5.31. The van der Waals surface area contributed by atoms with Crippen LogP contribution < -0.4 is 14.8 Å². The summed E-state index contributed by atoms with van der Waals surface area (Å²) in [6.45, 7) is 0.892. The molecule has 0 aliphatic carbocycles. The van der Waals surface area contributed by atoms with Crippen molar-refractivity contribution in [2.75, 3.05) is 14.2 Å². The van der Waals surface area contributed by atoms with Crippen LogP contribution in [0, 0.1) is 0 Å². The smallest absolute Gasteiger partial charge is 0.318 e. The molecule has 0 saturated heterocycles. The van der Waals surface area contributed by atoms with Gasteiger partial charge in [-0.05, 0) is 59.2 Å². The Balaban J connectivity index is 1.52. The highest BCUT2D eigenvalue weighted by atomic mass is 16.5. The summed E-state index contributed by atoms with van der Waals surface area (Å²) in [4.78, 5) is 15.6. The number of hydrogen-bond acceptors (Lipinski definition) is 3. The number of methoxy groups -OCH3 is 2. The van der Waals surface area contributed by atoms with E-state index in [4.69, 9.17) is 9.47 Å². The molecular weight excluding hydrogens is 426 g/mol. The lowest BCUT2D eigenvalue weighted by atomic mass is 10.0. The zero-order valence-electron chi connectivity index (χ0n) is 19.3. The summed E-state index contributed by atoms with van der Waals surface area (Å²) < 4.78 is 12.9. The predicted molar refractivity (Wildman–Crippen MR) is 131 cm³/mol. The highest BCUT2D eigenvalue weighted by molar-refractivity contribution is 5.76. The molecule has 0 radical (unpaired) electrons. The van der Waals surface area contributed by atoms with Crippen molar-refractivity contribution < 1.29 is 14.3 Å². The van der Waals surface area contributed by atoms with E-state index in [9.17, 15) is 4.79 Å². The van der Waals surface area contributed by atoms with Crippen LogP contribution in [0.5, 0.6) is 11.5 Å². The van der Waals surface area contributed by atoms with Crippen LogP contribution in [0.2, 0.25) is 0 Å². The van der Waals surface area contributed by atoms with E-state index in [1.807, 2.05) is 71.6 Å². The average Bonchev–Trinajstić information content (AvgIpc) is 3.32. The first-order valence-corrected chi connectivity index (χ1v) is 11.2. The van der Waals surface area contributed by atoms with Crippen molar-refractivity contribution in [3.63, 3.8) is 0 Å². The van der Waals surface area contributed by atoms with Gasteiger partial charge in [0.15, 0.2) is 0 Å². The van der Waals surface area contributed by atoms with Crippen molar-refractivity contribution in [3.8, 4) is 17.2 Å². The number of nitrogens with zero attached hydrogens (tertiary/aromatic N) is 2. The number of benzene rings is 3. The maximum atomic E-state index is 13.7. The molecule has 1 aliphatic rings. The van der Waals surface area contributed by atoms with Crippen LogP contribution in [0.4, 0.5) is 4.79 Å². The highest BCUT2D eigenvalue weighted by Crippen LogP contribution is 2.37. The van der Waals surface area contributed by atoms with Gasteiger partial charge in [0.1, 0.15) is 11.5 Å². The van der Waals surface area contributed by atoms with Crippen molar-refractivity contribution in [3.05, 3.63) is 114 Å². The molecule has 0 saturated carbocycles. The molecule has 4 aromatic rings. The van der Waals surface area contributed by atoms with Gasteiger partial charge in [-0.15, -0.1) is 0 Å². The SMILES string of the molecule is COc1ccc([C@H]2c3cccn3-c3ccccc3CN2C(=O)NCc2cccc(OC)c2)cc1. The van der Waals surface area contributed by atoms with E-state index < -0.39 is 0 Å². The van der Waals surface area contributed by atoms with Gasteiger partial charge >= 0.3 is 6.03 Å². The van der Waals surface area contributed by atoms with Crippen LogP contribution in [-0.2, 0) is 13.1 Å². The molecule has 1 atom stereocenters. The normalized spacial score (nSPS) is 14.5. The fourth-order valence-corrected chi connectivity index (χ4v) is 4.54. The van der Waals surface area contributed by atoms with Crippen LogP contribution in [0.25, 0.3) is 5.69 Å². The van der Waals surface area contributed by atoms with E-state index in [1.165, 1.54) is 0 Å². The molecule has 172 valence electrons. The average molecular weight is 454 g/mol. The number of nitrogens with one attached hydrogen (secondary N) is 1. The summed E-state index contributed by atoms with van der Waals surface area (Å²) in [6.07, 6.45) is 2.06. The zero-order valence-corrected chi connectivity index (χ0v) is 19.3. The van der Waals surface area contributed by atoms with Gasteiger partial charge in [-0.2, -0.15) is 0 Å². The largest absolute Gasteiger partial charge is 0.497 e. The van der Waals surface area contributed by atoms with Crippen molar-refractivity contribution in [2.45, 2.75) is 19.1 Å². The van der Waals surface area contributed by atoms with Crippen molar-refractivity contribution >= 4 is 6.03 Å². The van der Waals surface area contributed by atoms with Gasteiger partial charge < -0.3 is 24.3 Å². The fourth-order valence-electron chi connectivity index (χ4n) is 4.54. The molecule has 1 N–H and O–H groups in total. The van der Waals surface area contributed by atoms with Crippen LogP contribution >= 0.6 is 0 Å². The first-order chi connectivity index (χ1) is 16.7. The van der Waals surface area contributed by atoms with Gasteiger partial charge in [-0.3, -0.25) is 0 Å². The summed E-state index contributed by atoms with van der Waals surface area (Å²) in [6, 6.07) is 27.6. The lowest BCUT2D eigenvalue weighted by Crippen LogP contribution is -2.41. The zero-order chi connectivity index (χ0) is 23.5. The molecule has 3 aromatic carbocycles. The molecule has 1 aliphatic heterocycles. The topological polar surface area (TPSA) is 55.7 Å². The Kier molecular flexibility index (Phi) is 5.95. The molecular formula is C28H27N3O3. The van der Waals surface area contributed by atoms with E-state index in [0.717, 1.165) is 39.6 Å². The molecule has 0 spiro atoms. The maximum absolute atomic E-state index is 13.7. The summed E-state index contributed by atoms with van der Waals surface area (Å²) in [7, 11) is 3.29. The highest BCUT2D eigenvalue weighted by Gasteiger charge is 2.32. The molecule has 5 rings (SSSR count). The van der Waals surface area contributed by atoms with Gasteiger partial charge in [0.05, 0.1) is 32.5 Å². The number of urea groups is 1. The minimum Gasteiger partial charge on any atom is -0.497 e. The van der Waals surface area contributed by atoms with Crippen LogP contribution in [0.3, 0.4) is 0 Å². The van der Waals surface area contributed by atoms with E-state index in [2.05, 4.69) is 34.3 Å². The number of ether oxygens (including phenoxy) is 2. The lowest BCUT2D eigenvalue weighted by molar-refractivity contribution is 0.180. The molecule has 34 heavy (non-hydrogen) atoms. The summed E-state index contributed by atoms with van der Waals surface area (Å²) in [5.74, 6) is 1.55. The Morgan fingerprint density at radius 3 is 2.50 bits per heavy atom. The Bertz CT molecular complexity index is 1300. The fraction of sp³-hybridized carbons (Fsp3) is 0.179. The second kappa shape index (κ2) is 9.35. The Morgan fingerprint density at radius 2 is 1.71 bits per heavy atom. The third-order valence-electron chi connectivity index (χ3n) is 6.23. The second-order valence-corrected chi connectivity index (χ2v) is 8.25. The first-order valence-electron chi connectivity index (χ1n) is 11.2. The maximum Gasteiger partial charge on any atom is 0.318 e. The first kappa shape index (κ1) is 21.6. The van der Waals surface area contributed by atoms with E-state index in [-0.39, 0.29) is 12.1 Å². The van der Waals surface area contributed by atoms with Crippen LogP contribution in [-0.4, -0.2) is 29.7 Å². The molecule has 0 fully saturated rings. The van der Waals surface area contributed by atoms with Crippen molar-refractivity contribution in [2.24, 2.45) is 0 Å². The van der Waals surface area contributed by atoms with Gasteiger partial charge in [0, 0.05) is 18.4 Å². The third-order valence-corrected chi connectivity index (χ3v) is 6.23. The number of hydrogen-bond donors (Lipinski definition) is 1. The number of carbonyl (C=O) groups is 1. The van der Waals surface area contributed by atoms with E-state index in [1.54, 1.807) is 14.2 Å². The molecule has 2 heterocycles. The third kappa shape index (κ3) is 4.10. The minimum atomic E-state index is -0.265. The van der Waals surface area contributed by atoms with E-state index >= 15 is 0 Å². The van der Waals surface area contributed by atoms with Crippen molar-refractivity contribution in [1.29, 1.82) is 0 Å². The second-order valence-electron chi connectivity index (χ2n) is 8.25. The number of para-hydroxylation sites is 1. The van der Waals surface area contributed by atoms with Crippen LogP contribution in [0.15, 0.2) is 91.1 Å². The minimum absolute atomic E-state index is 0.131. The van der Waals surface area contributed by atoms with Crippen LogP contribution in [0.1, 0.15) is 28.4 Å². The number of amides is 2. The monoisotopic (exact) mass is 453 g/mol. The quantitative estimate of drug-likeness (QED) is 0.446. The Labute approximate surface area is 199 Å². The number of carbonyl (C=O) groups excluding carboxylic acids is 1. The number of rotatable bonds is 5. The van der Waals surface area contributed by atoms with Gasteiger partial charge in [-0.1, -0.05) is 42.5 Å². The molecule has 2 amide bonds. The molecule has 6 nitrogen and oxygen atoms in total. The molecule has 0 bridgehead atoms. The van der Waals surface area contributed by atoms with Gasteiger partial charge in [0.25, 0.3) is 0 Å². The molecule has 6 heteroatoms. The summed E-state index contributed by atoms with van der Waals surface area (Å²) in [5, 5.41) is 3.12. The molecule has 1 aromatic heterocycles. The Morgan fingerprint density at radius 1 is 0.912 bits per heavy atom. The summed E-state index contributed by atoms with van der Waals surface area (Å²) in [5.41, 5.74) is 5.21. The van der Waals surface area contributed by atoms with Gasteiger partial charge in [-0.25, -0.2) is 4.79 Å². The van der Waals surface area contributed by atoms with E-state index in [0.29, 0.717) is 13.1 Å². The van der Waals surface area contributed by atoms with Crippen molar-refractivity contribution in [1.82, 2.24) is 14.8 Å². The molecule has 0 unspecified atom stereocenters. The lowest BCUT2D eigenvalue weighted by Gasteiger charge is -2.31. The van der Waals surface area contributed by atoms with Gasteiger partial charge in [0.2, 0.25) is 0 Å². The number of fused-ring (bicyclic) bond motifs is 3.